The van der Waals surface area contributed by atoms with Crippen molar-refractivity contribution >= 4 is 21.4 Å². The van der Waals surface area contributed by atoms with Crippen LogP contribution in [0.25, 0.3) is 0 Å². The molecule has 0 unspecified atom stereocenters. The van der Waals surface area contributed by atoms with E-state index >= 15 is 0 Å². The fourth-order valence-corrected chi connectivity index (χ4v) is 4.02. The Morgan fingerprint density at radius 1 is 0.917 bits per heavy atom. The Labute approximate surface area is 145 Å². The summed E-state index contributed by atoms with van der Waals surface area (Å²) in [5.41, 5.74) is 2.44. The van der Waals surface area contributed by atoms with Crippen LogP contribution in [0, 0.1) is 6.92 Å². The molecule has 0 saturated carbocycles. The van der Waals surface area contributed by atoms with Gasteiger partial charge in [-0.15, -0.1) is 0 Å². The average molecular weight is 346 g/mol. The molecule has 130 valence electrons. The highest BCUT2D eigenvalue weighted by Crippen LogP contribution is 2.22. The molecule has 0 aliphatic carbocycles. The SMILES string of the molecule is CCCN(CCC)c1ccc(NS(=O)(=O)c2ccccc2C)cc1. The summed E-state index contributed by atoms with van der Waals surface area (Å²) in [6, 6.07) is 14.6. The minimum absolute atomic E-state index is 0.313. The number of benzene rings is 2. The third-order valence-corrected chi connectivity index (χ3v) is 5.40. The van der Waals surface area contributed by atoms with Gasteiger partial charge in [-0.3, -0.25) is 4.72 Å². The highest BCUT2D eigenvalue weighted by Gasteiger charge is 2.16. The lowest BCUT2D eigenvalue weighted by atomic mass is 10.2. The van der Waals surface area contributed by atoms with Gasteiger partial charge in [0.2, 0.25) is 0 Å². The van der Waals surface area contributed by atoms with E-state index in [2.05, 4.69) is 23.5 Å². The van der Waals surface area contributed by atoms with Gasteiger partial charge in [0.15, 0.2) is 0 Å². The summed E-state index contributed by atoms with van der Waals surface area (Å²) in [6.07, 6.45) is 2.17. The van der Waals surface area contributed by atoms with Crippen LogP contribution in [0.4, 0.5) is 11.4 Å². The summed E-state index contributed by atoms with van der Waals surface area (Å²) >= 11 is 0. The zero-order valence-electron chi connectivity index (χ0n) is 14.6. The van der Waals surface area contributed by atoms with E-state index in [-0.39, 0.29) is 0 Å². The van der Waals surface area contributed by atoms with Crippen LogP contribution in [0.15, 0.2) is 53.4 Å². The standard InChI is InChI=1S/C19H26N2O2S/c1-4-14-21(15-5-2)18-12-10-17(11-13-18)20-24(22,23)19-9-7-6-8-16(19)3/h6-13,20H,4-5,14-15H2,1-3H3. The molecule has 0 amide bonds. The molecule has 1 N–H and O–H groups in total. The normalized spacial score (nSPS) is 11.3. The van der Waals surface area contributed by atoms with Crippen LogP contribution in [-0.2, 0) is 10.0 Å². The Morgan fingerprint density at radius 3 is 2.04 bits per heavy atom. The van der Waals surface area contributed by atoms with Gasteiger partial charge in [-0.2, -0.15) is 0 Å². The van der Waals surface area contributed by atoms with Crippen LogP contribution in [0.3, 0.4) is 0 Å². The van der Waals surface area contributed by atoms with Gasteiger partial charge in [0.05, 0.1) is 4.90 Å². The van der Waals surface area contributed by atoms with Gasteiger partial charge >= 0.3 is 0 Å². The number of nitrogens with one attached hydrogen (secondary N) is 1. The van der Waals surface area contributed by atoms with Crippen molar-refractivity contribution in [1.29, 1.82) is 0 Å². The summed E-state index contributed by atoms with van der Waals surface area (Å²) in [4.78, 5) is 2.63. The van der Waals surface area contributed by atoms with Crippen LogP contribution >= 0.6 is 0 Å². The fraction of sp³-hybridized carbons (Fsp3) is 0.368. The van der Waals surface area contributed by atoms with E-state index < -0.39 is 10.0 Å². The van der Waals surface area contributed by atoms with Crippen molar-refractivity contribution in [2.24, 2.45) is 0 Å². The molecule has 0 fully saturated rings. The third kappa shape index (κ3) is 4.51. The molecule has 0 aliphatic rings. The largest absolute Gasteiger partial charge is 0.372 e. The lowest BCUT2D eigenvalue weighted by molar-refractivity contribution is 0.600. The second-order valence-electron chi connectivity index (χ2n) is 5.90. The Morgan fingerprint density at radius 2 is 1.50 bits per heavy atom. The molecule has 0 aliphatic heterocycles. The van der Waals surface area contributed by atoms with Gasteiger partial charge in [-0.25, -0.2) is 8.42 Å². The first-order valence-electron chi connectivity index (χ1n) is 8.41. The molecule has 0 heterocycles. The van der Waals surface area contributed by atoms with Crippen molar-refractivity contribution in [1.82, 2.24) is 0 Å². The molecule has 0 spiro atoms. The average Bonchev–Trinajstić information content (AvgIpc) is 2.55. The number of sulfonamides is 1. The maximum Gasteiger partial charge on any atom is 0.262 e. The number of anilines is 2. The van der Waals surface area contributed by atoms with E-state index in [4.69, 9.17) is 0 Å². The number of hydrogen-bond donors (Lipinski definition) is 1. The van der Waals surface area contributed by atoms with Crippen LogP contribution in [0.5, 0.6) is 0 Å². The number of hydrogen-bond acceptors (Lipinski definition) is 3. The lowest BCUT2D eigenvalue weighted by Crippen LogP contribution is -2.24. The minimum Gasteiger partial charge on any atom is -0.372 e. The lowest BCUT2D eigenvalue weighted by Gasteiger charge is -2.24. The molecular weight excluding hydrogens is 320 g/mol. The second-order valence-corrected chi connectivity index (χ2v) is 7.56. The monoisotopic (exact) mass is 346 g/mol. The van der Waals surface area contributed by atoms with Gasteiger partial charge in [-0.05, 0) is 55.7 Å². The summed E-state index contributed by atoms with van der Waals surface area (Å²) in [7, 11) is -3.56. The summed E-state index contributed by atoms with van der Waals surface area (Å²) < 4.78 is 27.7. The summed E-state index contributed by atoms with van der Waals surface area (Å²) in [5, 5.41) is 0. The van der Waals surface area contributed by atoms with E-state index in [1.807, 2.05) is 30.3 Å². The van der Waals surface area contributed by atoms with Crippen molar-refractivity contribution in [3.8, 4) is 0 Å². The van der Waals surface area contributed by atoms with Crippen molar-refractivity contribution in [2.75, 3.05) is 22.7 Å². The van der Waals surface area contributed by atoms with Crippen LogP contribution < -0.4 is 9.62 Å². The summed E-state index contributed by atoms with van der Waals surface area (Å²) in [5.74, 6) is 0. The predicted molar refractivity (Wildman–Crippen MR) is 101 cm³/mol. The van der Waals surface area contributed by atoms with E-state index in [9.17, 15) is 8.42 Å². The topological polar surface area (TPSA) is 49.4 Å². The van der Waals surface area contributed by atoms with E-state index in [1.54, 1.807) is 25.1 Å². The third-order valence-electron chi connectivity index (χ3n) is 3.85. The molecule has 24 heavy (non-hydrogen) atoms. The highest BCUT2D eigenvalue weighted by molar-refractivity contribution is 7.92. The van der Waals surface area contributed by atoms with Crippen molar-refractivity contribution in [2.45, 2.75) is 38.5 Å². The van der Waals surface area contributed by atoms with Gasteiger partial charge in [0.1, 0.15) is 0 Å². The first kappa shape index (κ1) is 18.3. The quantitative estimate of drug-likeness (QED) is 0.769. The van der Waals surface area contributed by atoms with Crippen molar-refractivity contribution < 1.29 is 8.42 Å². The first-order valence-corrected chi connectivity index (χ1v) is 9.89. The number of nitrogens with zero attached hydrogens (tertiary/aromatic N) is 1. The Bertz CT molecular complexity index is 749. The molecule has 0 bridgehead atoms. The summed E-state index contributed by atoms with van der Waals surface area (Å²) in [6.45, 7) is 8.12. The molecule has 5 heteroatoms. The smallest absolute Gasteiger partial charge is 0.262 e. The first-order chi connectivity index (χ1) is 11.5. The van der Waals surface area contributed by atoms with Crippen molar-refractivity contribution in [3.63, 3.8) is 0 Å². The predicted octanol–water partition coefficient (Wildman–Crippen LogP) is 4.42. The molecule has 4 nitrogen and oxygen atoms in total. The van der Waals surface area contributed by atoms with Crippen LogP contribution in [-0.4, -0.2) is 21.5 Å². The number of aryl methyl sites for hydroxylation is 1. The number of rotatable bonds is 8. The highest BCUT2D eigenvalue weighted by atomic mass is 32.2. The molecule has 0 atom stereocenters. The minimum atomic E-state index is -3.56. The molecule has 0 aromatic heterocycles. The van der Waals surface area contributed by atoms with E-state index in [1.165, 1.54) is 0 Å². The Hall–Kier alpha value is -2.01. The van der Waals surface area contributed by atoms with Gasteiger partial charge < -0.3 is 4.90 Å². The maximum absolute atomic E-state index is 12.5. The van der Waals surface area contributed by atoms with Crippen LogP contribution in [0.2, 0.25) is 0 Å². The van der Waals surface area contributed by atoms with Crippen LogP contribution in [0.1, 0.15) is 32.3 Å². The Kier molecular flexibility index (Phi) is 6.26. The zero-order chi connectivity index (χ0) is 17.6. The van der Waals surface area contributed by atoms with Gasteiger partial charge in [-0.1, -0.05) is 32.0 Å². The molecule has 2 rings (SSSR count). The van der Waals surface area contributed by atoms with E-state index in [0.29, 0.717) is 10.6 Å². The van der Waals surface area contributed by atoms with Crippen molar-refractivity contribution in [3.05, 3.63) is 54.1 Å². The molecule has 0 saturated heterocycles. The molecule has 2 aromatic carbocycles. The van der Waals surface area contributed by atoms with E-state index in [0.717, 1.165) is 37.2 Å². The maximum atomic E-state index is 12.5. The fourth-order valence-electron chi connectivity index (χ4n) is 2.72. The second kappa shape index (κ2) is 8.20. The van der Waals surface area contributed by atoms with Gasteiger partial charge in [0, 0.05) is 24.5 Å². The van der Waals surface area contributed by atoms with Gasteiger partial charge in [0.25, 0.3) is 10.0 Å². The zero-order valence-corrected chi connectivity index (χ0v) is 15.4. The Balaban J connectivity index is 2.18. The molecular formula is C19H26N2O2S. The molecule has 2 aromatic rings. The molecule has 0 radical (unpaired) electrons.